The molecule has 2 aliphatic carbocycles. The monoisotopic (exact) mass is 1110 g/mol. The second kappa shape index (κ2) is 30.0. The highest BCUT2D eigenvalue weighted by molar-refractivity contribution is 5.48. The lowest BCUT2D eigenvalue weighted by Gasteiger charge is -2.48. The van der Waals surface area contributed by atoms with E-state index in [9.17, 15) is 0 Å². The molecular formula is C75H86O8. The van der Waals surface area contributed by atoms with Gasteiger partial charge in [0.05, 0.1) is 57.1 Å². The minimum atomic E-state index is -0.489. The Morgan fingerprint density at radius 3 is 1.23 bits per heavy atom. The molecule has 8 heteroatoms. The third-order valence-electron chi connectivity index (χ3n) is 16.3. The summed E-state index contributed by atoms with van der Waals surface area (Å²) in [5.74, 6) is 8.21. The maximum absolute atomic E-state index is 7.06. The first kappa shape index (κ1) is 61.3. The molecule has 0 fully saturated rings. The summed E-state index contributed by atoms with van der Waals surface area (Å²) in [6.07, 6.45) is 15.1. The molecule has 6 atom stereocenters. The number of benzene rings is 7. The molecule has 2 aliphatic rings. The van der Waals surface area contributed by atoms with E-state index < -0.39 is 10.8 Å². The lowest BCUT2D eigenvalue weighted by molar-refractivity contribution is 0.0266. The molecule has 0 saturated carbocycles. The van der Waals surface area contributed by atoms with Crippen LogP contribution in [0, 0.1) is 23.7 Å². The first-order chi connectivity index (χ1) is 40.5. The van der Waals surface area contributed by atoms with E-state index in [-0.39, 0.29) is 29.1 Å². The molecule has 0 amide bonds. The smallest absolute Gasteiger partial charge is 0.127 e. The van der Waals surface area contributed by atoms with Gasteiger partial charge in [-0.3, -0.25) is 0 Å². The van der Waals surface area contributed by atoms with E-state index in [1.165, 1.54) is 16.7 Å². The van der Waals surface area contributed by atoms with E-state index in [1.807, 2.05) is 142 Å². The third kappa shape index (κ3) is 15.1. The van der Waals surface area contributed by atoms with Gasteiger partial charge in [-0.05, 0) is 152 Å². The van der Waals surface area contributed by atoms with Crippen LogP contribution in [0.1, 0.15) is 97.4 Å². The van der Waals surface area contributed by atoms with Gasteiger partial charge < -0.3 is 37.9 Å². The van der Waals surface area contributed by atoms with E-state index in [0.29, 0.717) is 46.2 Å². The van der Waals surface area contributed by atoms with E-state index >= 15 is 0 Å². The molecule has 0 saturated heterocycles. The molecule has 0 heterocycles. The fourth-order valence-electron chi connectivity index (χ4n) is 11.8. The summed E-state index contributed by atoms with van der Waals surface area (Å²) in [6.45, 7) is 23.7. The van der Waals surface area contributed by atoms with Gasteiger partial charge in [-0.2, -0.15) is 0 Å². The Morgan fingerprint density at radius 1 is 0.422 bits per heavy atom. The van der Waals surface area contributed by atoms with Crippen molar-refractivity contribution in [1.82, 2.24) is 0 Å². The Bertz CT molecular complexity index is 3030. The molecule has 434 valence electrons. The first-order valence-corrected chi connectivity index (χ1v) is 29.9. The summed E-state index contributed by atoms with van der Waals surface area (Å²) in [5, 5.41) is 0. The van der Waals surface area contributed by atoms with Crippen molar-refractivity contribution < 1.29 is 37.9 Å². The predicted octanol–water partition coefficient (Wildman–Crippen LogP) is 18.4. The van der Waals surface area contributed by atoms with Crippen LogP contribution in [-0.4, -0.2) is 39.6 Å². The molecule has 0 spiro atoms. The zero-order valence-corrected chi connectivity index (χ0v) is 50.3. The van der Waals surface area contributed by atoms with Crippen LogP contribution in [0.5, 0.6) is 40.2 Å². The summed E-state index contributed by atoms with van der Waals surface area (Å²) < 4.78 is 50.0. The van der Waals surface area contributed by atoms with Gasteiger partial charge >= 0.3 is 0 Å². The molecule has 0 N–H and O–H groups in total. The van der Waals surface area contributed by atoms with Crippen molar-refractivity contribution in [3.05, 3.63) is 258 Å². The lowest BCUT2D eigenvalue weighted by atomic mass is 9.59. The number of hydrogen-bond donors (Lipinski definition) is 0. The van der Waals surface area contributed by atoms with Gasteiger partial charge in [0, 0.05) is 17.3 Å². The molecule has 0 aromatic heterocycles. The molecule has 83 heavy (non-hydrogen) atoms. The van der Waals surface area contributed by atoms with Crippen molar-refractivity contribution in [1.29, 1.82) is 0 Å². The van der Waals surface area contributed by atoms with Gasteiger partial charge in [-0.15, -0.1) is 0 Å². The number of rotatable bonds is 27. The van der Waals surface area contributed by atoms with Crippen molar-refractivity contribution in [2.24, 2.45) is 23.7 Å². The molecule has 8 nitrogen and oxygen atoms in total. The topological polar surface area (TPSA) is 73.8 Å². The summed E-state index contributed by atoms with van der Waals surface area (Å²) in [7, 11) is 0. The van der Waals surface area contributed by atoms with Crippen LogP contribution in [0.3, 0.4) is 0 Å². The van der Waals surface area contributed by atoms with Crippen molar-refractivity contribution in [3.63, 3.8) is 0 Å². The van der Waals surface area contributed by atoms with Gasteiger partial charge in [0.25, 0.3) is 0 Å². The van der Waals surface area contributed by atoms with Gasteiger partial charge in [0.1, 0.15) is 51.8 Å². The van der Waals surface area contributed by atoms with Crippen LogP contribution in [0.2, 0.25) is 0 Å². The zero-order chi connectivity index (χ0) is 58.5. The molecule has 0 radical (unpaired) electrons. The van der Waals surface area contributed by atoms with E-state index in [1.54, 1.807) is 0 Å². The van der Waals surface area contributed by atoms with Crippen molar-refractivity contribution >= 4 is 0 Å². The molecule has 9 rings (SSSR count). The number of allylic oxidation sites excluding steroid dienone is 6. The largest absolute Gasteiger partial charge is 0.494 e. The molecule has 7 aromatic carbocycles. The SMILES string of the molecule is CCOc1ccc(C(C)(C)COCc2cccc(Oc3ccccc3)c2)cc1.CCOc1ccc(C2(C(C)CC)C(Oc3ccccc3)=CC=CC2COCC2C=CC=C(Oc3ccccc3)C2(c2ccc(OCC)cc2)C(C)CC)cc1. The lowest BCUT2D eigenvalue weighted by Crippen LogP contribution is -2.48. The molecule has 7 aromatic rings. The van der Waals surface area contributed by atoms with Crippen LogP contribution in [0.15, 0.2) is 236 Å². The minimum Gasteiger partial charge on any atom is -0.494 e. The quantitative estimate of drug-likeness (QED) is 0.0504. The summed E-state index contributed by atoms with van der Waals surface area (Å²) in [4.78, 5) is 0. The average Bonchev–Trinajstić information content (AvgIpc) is 1.43. The summed E-state index contributed by atoms with van der Waals surface area (Å²) >= 11 is 0. The fraction of sp³-hybridized carbons (Fsp3) is 0.333. The maximum Gasteiger partial charge on any atom is 0.127 e. The average molecular weight is 1120 g/mol. The first-order valence-electron chi connectivity index (χ1n) is 29.9. The Labute approximate surface area is 495 Å². The molecular weight excluding hydrogens is 1030 g/mol. The van der Waals surface area contributed by atoms with Crippen LogP contribution >= 0.6 is 0 Å². The van der Waals surface area contributed by atoms with Gasteiger partial charge in [-0.25, -0.2) is 0 Å². The van der Waals surface area contributed by atoms with Crippen molar-refractivity contribution in [2.75, 3.05) is 39.6 Å². The Hall–Kier alpha value is -7.78. The van der Waals surface area contributed by atoms with Crippen LogP contribution in [-0.2, 0) is 32.3 Å². The summed E-state index contributed by atoms with van der Waals surface area (Å²) in [6, 6.07) is 63.5. The van der Waals surface area contributed by atoms with Gasteiger partial charge in [0.15, 0.2) is 0 Å². The fourth-order valence-corrected chi connectivity index (χ4v) is 11.8. The Balaban J connectivity index is 0.000000269. The number of hydrogen-bond acceptors (Lipinski definition) is 8. The standard InChI is InChI=1S/C50H58O5.C25H28O3/c1-7-37(5)49(39-27-31-43(32-28-39)52-9-3)41(19-17-25-47(49)54-45-21-13-11-14-22-45)35-51-36-42-20-18-26-48(55-46-23-15-12-16-24-46)50(42,38(6)8-2)40-29-33-44(34-30-40)53-10-4;1-4-27-22-15-13-21(14-16-22)25(2,3)19-26-18-20-9-8-12-24(17-20)28-23-10-6-5-7-11-23/h11-34,37-38,41-42H,7-10,35-36H2,1-6H3;5-17H,4,18-19H2,1-3H3. The number of para-hydroxylation sites is 3. The van der Waals surface area contributed by atoms with Crippen LogP contribution < -0.4 is 28.4 Å². The highest BCUT2D eigenvalue weighted by atomic mass is 16.5. The summed E-state index contributed by atoms with van der Waals surface area (Å²) in [5.41, 5.74) is 3.64. The Morgan fingerprint density at radius 2 is 0.819 bits per heavy atom. The van der Waals surface area contributed by atoms with Gasteiger partial charge in [0.2, 0.25) is 0 Å². The van der Waals surface area contributed by atoms with Gasteiger partial charge in [-0.1, -0.05) is 182 Å². The van der Waals surface area contributed by atoms with E-state index in [0.717, 1.165) is 70.2 Å². The highest BCUT2D eigenvalue weighted by Gasteiger charge is 2.51. The zero-order valence-electron chi connectivity index (χ0n) is 50.3. The second-order valence-corrected chi connectivity index (χ2v) is 22.1. The molecule has 0 aliphatic heterocycles. The maximum atomic E-state index is 7.06. The minimum absolute atomic E-state index is 0.00395. The van der Waals surface area contributed by atoms with E-state index in [4.69, 9.17) is 37.9 Å². The van der Waals surface area contributed by atoms with E-state index in [2.05, 4.69) is 145 Å². The van der Waals surface area contributed by atoms with Crippen LogP contribution in [0.25, 0.3) is 0 Å². The predicted molar refractivity (Wildman–Crippen MR) is 337 cm³/mol. The highest BCUT2D eigenvalue weighted by Crippen LogP contribution is 2.53. The second-order valence-electron chi connectivity index (χ2n) is 22.1. The normalized spacial score (nSPS) is 19.0. The Kier molecular flexibility index (Phi) is 22.1. The number of ether oxygens (including phenoxy) is 8. The molecule has 6 unspecified atom stereocenters. The van der Waals surface area contributed by atoms with Crippen LogP contribution in [0.4, 0.5) is 0 Å². The third-order valence-corrected chi connectivity index (χ3v) is 16.3. The molecule has 0 bridgehead atoms. The van der Waals surface area contributed by atoms with Crippen molar-refractivity contribution in [2.45, 2.75) is 98.0 Å². The van der Waals surface area contributed by atoms with Crippen molar-refractivity contribution in [3.8, 4) is 40.2 Å².